The first-order valence-corrected chi connectivity index (χ1v) is 6.25. The zero-order valence-electron chi connectivity index (χ0n) is 10.8. The molecule has 0 radical (unpaired) electrons. The van der Waals surface area contributed by atoms with Gasteiger partial charge < -0.3 is 10.1 Å². The number of alkyl carbamates (subject to hydrolysis) is 1. The number of hydrogen-bond donors (Lipinski definition) is 1. The summed E-state index contributed by atoms with van der Waals surface area (Å²) in [6.45, 7) is 5.53. The van der Waals surface area contributed by atoms with Crippen LogP contribution in [0.25, 0.3) is 0 Å². The molecule has 0 saturated heterocycles. The van der Waals surface area contributed by atoms with Crippen molar-refractivity contribution in [1.82, 2.24) is 5.32 Å². The molecule has 1 N–H and O–H groups in total. The second-order valence-electron chi connectivity index (χ2n) is 6.26. The van der Waals surface area contributed by atoms with E-state index in [-0.39, 0.29) is 11.0 Å². The minimum Gasteiger partial charge on any atom is -0.444 e. The molecule has 1 amide bonds. The minimum atomic E-state index is -0.488. The van der Waals surface area contributed by atoms with E-state index in [1.807, 2.05) is 20.8 Å². The van der Waals surface area contributed by atoms with E-state index in [2.05, 4.69) is 11.4 Å². The van der Waals surface area contributed by atoms with Gasteiger partial charge in [-0.1, -0.05) is 0 Å². The number of rotatable bonds is 2. The SMILES string of the molecule is CC(C)(C)OC(=O)NC1(C2(C#N)CC2)CCC1. The highest BCUT2D eigenvalue weighted by atomic mass is 16.6. The number of hydrogen-bond acceptors (Lipinski definition) is 3. The van der Waals surface area contributed by atoms with Crippen LogP contribution in [-0.2, 0) is 4.74 Å². The van der Waals surface area contributed by atoms with Crippen molar-refractivity contribution >= 4 is 6.09 Å². The number of nitrogens with zero attached hydrogens (tertiary/aromatic N) is 1. The summed E-state index contributed by atoms with van der Waals surface area (Å²) in [6, 6.07) is 2.39. The fourth-order valence-electron chi connectivity index (χ4n) is 2.57. The first kappa shape index (κ1) is 12.2. The Bertz CT molecular complexity index is 368. The Morgan fingerprint density at radius 2 is 1.88 bits per heavy atom. The van der Waals surface area contributed by atoms with Gasteiger partial charge in [0.1, 0.15) is 5.60 Å². The van der Waals surface area contributed by atoms with E-state index in [0.717, 1.165) is 32.1 Å². The summed E-state index contributed by atoms with van der Waals surface area (Å²) in [6.07, 6.45) is 4.30. The van der Waals surface area contributed by atoms with Gasteiger partial charge in [-0.05, 0) is 52.9 Å². The van der Waals surface area contributed by atoms with Gasteiger partial charge in [-0.25, -0.2) is 4.79 Å². The lowest BCUT2D eigenvalue weighted by molar-refractivity contribution is 0.0293. The highest BCUT2D eigenvalue weighted by molar-refractivity contribution is 5.69. The molecule has 0 aliphatic heterocycles. The van der Waals surface area contributed by atoms with Crippen molar-refractivity contribution in [3.63, 3.8) is 0 Å². The first-order chi connectivity index (χ1) is 7.83. The molecule has 2 aliphatic carbocycles. The standard InChI is InChI=1S/C13H20N2O2/c1-11(2,3)17-10(16)15-13(5-4-6-13)12(9-14)7-8-12/h4-8H2,1-3H3,(H,15,16). The molecule has 0 aromatic heterocycles. The lowest BCUT2D eigenvalue weighted by Crippen LogP contribution is -2.60. The van der Waals surface area contributed by atoms with E-state index in [1.165, 1.54) is 0 Å². The van der Waals surface area contributed by atoms with E-state index in [4.69, 9.17) is 4.74 Å². The van der Waals surface area contributed by atoms with E-state index < -0.39 is 11.7 Å². The monoisotopic (exact) mass is 236 g/mol. The second kappa shape index (κ2) is 3.63. The van der Waals surface area contributed by atoms with Gasteiger partial charge in [-0.2, -0.15) is 5.26 Å². The van der Waals surface area contributed by atoms with Crippen LogP contribution in [0.5, 0.6) is 0 Å². The molecular formula is C13H20N2O2. The molecule has 2 aliphatic rings. The molecule has 0 heterocycles. The quantitative estimate of drug-likeness (QED) is 0.801. The number of ether oxygens (including phenoxy) is 1. The van der Waals surface area contributed by atoms with Gasteiger partial charge >= 0.3 is 6.09 Å². The molecule has 2 fully saturated rings. The largest absolute Gasteiger partial charge is 0.444 e. The number of amides is 1. The summed E-state index contributed by atoms with van der Waals surface area (Å²) in [5.74, 6) is 0. The molecule has 94 valence electrons. The Labute approximate surface area is 102 Å². The fraction of sp³-hybridized carbons (Fsp3) is 0.846. The third kappa shape index (κ3) is 2.11. The number of carbonyl (C=O) groups is 1. The second-order valence-corrected chi connectivity index (χ2v) is 6.26. The van der Waals surface area contributed by atoms with Gasteiger partial charge in [0.05, 0.1) is 17.0 Å². The Balaban J connectivity index is 2.02. The van der Waals surface area contributed by atoms with Gasteiger partial charge in [-0.15, -0.1) is 0 Å². The fourth-order valence-corrected chi connectivity index (χ4v) is 2.57. The molecule has 0 atom stereocenters. The predicted molar refractivity (Wildman–Crippen MR) is 63.2 cm³/mol. The summed E-state index contributed by atoms with van der Waals surface area (Å²) in [4.78, 5) is 11.8. The zero-order valence-corrected chi connectivity index (χ0v) is 10.8. The number of nitriles is 1. The van der Waals surface area contributed by atoms with Crippen LogP contribution in [0, 0.1) is 16.7 Å². The van der Waals surface area contributed by atoms with Crippen LogP contribution in [0.3, 0.4) is 0 Å². The van der Waals surface area contributed by atoms with Gasteiger partial charge in [-0.3, -0.25) is 0 Å². The Kier molecular flexibility index (Phi) is 2.61. The van der Waals surface area contributed by atoms with Crippen LogP contribution in [0.4, 0.5) is 4.79 Å². The molecular weight excluding hydrogens is 216 g/mol. The van der Waals surface area contributed by atoms with Crippen molar-refractivity contribution in [2.75, 3.05) is 0 Å². The molecule has 0 bridgehead atoms. The Morgan fingerprint density at radius 3 is 2.18 bits per heavy atom. The van der Waals surface area contributed by atoms with Crippen LogP contribution in [0.15, 0.2) is 0 Å². The van der Waals surface area contributed by atoms with Crippen LogP contribution in [0.1, 0.15) is 52.9 Å². The Hall–Kier alpha value is -1.24. The molecule has 4 nitrogen and oxygen atoms in total. The number of carbonyl (C=O) groups excluding carboxylic acids is 1. The lowest BCUT2D eigenvalue weighted by atomic mass is 9.66. The molecule has 0 spiro atoms. The number of nitrogens with one attached hydrogen (secondary N) is 1. The molecule has 0 unspecified atom stereocenters. The maximum absolute atomic E-state index is 11.8. The van der Waals surface area contributed by atoms with E-state index >= 15 is 0 Å². The first-order valence-electron chi connectivity index (χ1n) is 6.25. The molecule has 17 heavy (non-hydrogen) atoms. The zero-order chi connectivity index (χ0) is 12.7. The topological polar surface area (TPSA) is 62.1 Å². The van der Waals surface area contributed by atoms with Crippen molar-refractivity contribution in [2.24, 2.45) is 5.41 Å². The summed E-state index contributed by atoms with van der Waals surface area (Å²) >= 11 is 0. The molecule has 2 saturated carbocycles. The summed E-state index contributed by atoms with van der Waals surface area (Å²) < 4.78 is 5.28. The summed E-state index contributed by atoms with van der Waals surface area (Å²) in [7, 11) is 0. The molecule has 4 heteroatoms. The van der Waals surface area contributed by atoms with Crippen LogP contribution in [-0.4, -0.2) is 17.2 Å². The summed E-state index contributed by atoms with van der Waals surface area (Å²) in [5.41, 5.74) is -1.12. The molecule has 0 aromatic carbocycles. The van der Waals surface area contributed by atoms with Crippen LogP contribution in [0.2, 0.25) is 0 Å². The average Bonchev–Trinajstić information content (AvgIpc) is 2.89. The van der Waals surface area contributed by atoms with Gasteiger partial charge in [0.2, 0.25) is 0 Å². The smallest absolute Gasteiger partial charge is 0.408 e. The maximum atomic E-state index is 11.8. The third-order valence-corrected chi connectivity index (χ3v) is 3.83. The van der Waals surface area contributed by atoms with Crippen molar-refractivity contribution < 1.29 is 9.53 Å². The van der Waals surface area contributed by atoms with Crippen LogP contribution < -0.4 is 5.32 Å². The van der Waals surface area contributed by atoms with Crippen molar-refractivity contribution in [3.05, 3.63) is 0 Å². The van der Waals surface area contributed by atoms with Gasteiger partial charge in [0, 0.05) is 0 Å². The van der Waals surface area contributed by atoms with Crippen molar-refractivity contribution in [3.8, 4) is 6.07 Å². The highest BCUT2D eigenvalue weighted by Crippen LogP contribution is 2.60. The van der Waals surface area contributed by atoms with E-state index in [0.29, 0.717) is 0 Å². The van der Waals surface area contributed by atoms with Crippen molar-refractivity contribution in [1.29, 1.82) is 5.26 Å². The molecule has 0 aromatic rings. The third-order valence-electron chi connectivity index (χ3n) is 3.83. The van der Waals surface area contributed by atoms with Crippen LogP contribution >= 0.6 is 0 Å². The average molecular weight is 236 g/mol. The normalized spacial score (nSPS) is 24.1. The van der Waals surface area contributed by atoms with E-state index in [9.17, 15) is 10.1 Å². The Morgan fingerprint density at radius 1 is 1.29 bits per heavy atom. The minimum absolute atomic E-state index is 0.315. The van der Waals surface area contributed by atoms with Gasteiger partial charge in [0.25, 0.3) is 0 Å². The van der Waals surface area contributed by atoms with Gasteiger partial charge in [0.15, 0.2) is 0 Å². The van der Waals surface area contributed by atoms with Crippen molar-refractivity contribution in [2.45, 2.75) is 64.0 Å². The molecule has 2 rings (SSSR count). The lowest BCUT2D eigenvalue weighted by Gasteiger charge is -2.46. The maximum Gasteiger partial charge on any atom is 0.408 e. The summed E-state index contributed by atoms with van der Waals surface area (Å²) in [5, 5.41) is 12.2. The highest BCUT2D eigenvalue weighted by Gasteiger charge is 2.63. The predicted octanol–water partition coefficient (Wildman–Crippen LogP) is 2.74. The van der Waals surface area contributed by atoms with E-state index in [1.54, 1.807) is 0 Å².